The molecule has 1 rings (SSSR count). The predicted octanol–water partition coefficient (Wildman–Crippen LogP) is 1.99. The summed E-state index contributed by atoms with van der Waals surface area (Å²) in [5, 5.41) is 31.3. The lowest BCUT2D eigenvalue weighted by Crippen LogP contribution is -2.34. The minimum atomic E-state index is -1.02. The standard InChI is InChI=1S/C12H13N3O4/c1-7(2)11(12(16)17)14-9-3-4-10(15(18)19)8(5-9)6-13/h3-5,7,11,14H,1-2H3,(H,16,17)/t11-/m0/s1. The van der Waals surface area contributed by atoms with Gasteiger partial charge in [-0.05, 0) is 18.1 Å². The molecule has 0 spiro atoms. The molecule has 0 saturated carbocycles. The van der Waals surface area contributed by atoms with Crippen molar-refractivity contribution in [3.63, 3.8) is 0 Å². The molecule has 0 saturated heterocycles. The number of nitrogens with zero attached hydrogens (tertiary/aromatic N) is 2. The summed E-state index contributed by atoms with van der Waals surface area (Å²) in [6.07, 6.45) is 0. The van der Waals surface area contributed by atoms with Crippen molar-refractivity contribution in [1.29, 1.82) is 5.26 Å². The lowest BCUT2D eigenvalue weighted by molar-refractivity contribution is -0.385. The summed E-state index contributed by atoms with van der Waals surface area (Å²) in [7, 11) is 0. The van der Waals surface area contributed by atoms with E-state index in [9.17, 15) is 14.9 Å². The van der Waals surface area contributed by atoms with E-state index in [2.05, 4.69) is 5.32 Å². The van der Waals surface area contributed by atoms with E-state index in [0.717, 1.165) is 0 Å². The summed E-state index contributed by atoms with van der Waals surface area (Å²) >= 11 is 0. The molecular weight excluding hydrogens is 250 g/mol. The van der Waals surface area contributed by atoms with Gasteiger partial charge < -0.3 is 10.4 Å². The van der Waals surface area contributed by atoms with Crippen LogP contribution in [0, 0.1) is 27.4 Å². The minimum Gasteiger partial charge on any atom is -0.480 e. The van der Waals surface area contributed by atoms with Crippen LogP contribution in [0.5, 0.6) is 0 Å². The van der Waals surface area contributed by atoms with Crippen molar-refractivity contribution in [2.45, 2.75) is 19.9 Å². The average molecular weight is 263 g/mol. The molecule has 0 heterocycles. The zero-order valence-electron chi connectivity index (χ0n) is 10.5. The van der Waals surface area contributed by atoms with Gasteiger partial charge in [0.15, 0.2) is 0 Å². The van der Waals surface area contributed by atoms with Crippen molar-refractivity contribution in [1.82, 2.24) is 0 Å². The molecular formula is C12H13N3O4. The van der Waals surface area contributed by atoms with Crippen molar-refractivity contribution in [3.05, 3.63) is 33.9 Å². The van der Waals surface area contributed by atoms with Crippen LogP contribution in [-0.4, -0.2) is 22.0 Å². The first-order chi connectivity index (χ1) is 8.86. The van der Waals surface area contributed by atoms with Crippen LogP contribution in [0.1, 0.15) is 19.4 Å². The summed E-state index contributed by atoms with van der Waals surface area (Å²) in [6.45, 7) is 3.48. The van der Waals surface area contributed by atoms with Crippen molar-refractivity contribution in [3.8, 4) is 6.07 Å². The number of hydrogen-bond donors (Lipinski definition) is 2. The van der Waals surface area contributed by atoms with Crippen LogP contribution in [-0.2, 0) is 4.79 Å². The summed E-state index contributed by atoms with van der Waals surface area (Å²) in [4.78, 5) is 21.1. The molecule has 7 nitrogen and oxygen atoms in total. The van der Waals surface area contributed by atoms with E-state index in [1.165, 1.54) is 18.2 Å². The van der Waals surface area contributed by atoms with Gasteiger partial charge in [0, 0.05) is 11.8 Å². The Hall–Kier alpha value is -2.62. The number of hydrogen-bond acceptors (Lipinski definition) is 5. The molecule has 0 aliphatic carbocycles. The first-order valence-corrected chi connectivity index (χ1v) is 5.54. The molecule has 0 fully saturated rings. The highest BCUT2D eigenvalue weighted by Gasteiger charge is 2.22. The molecule has 2 N–H and O–H groups in total. The van der Waals surface area contributed by atoms with Crippen molar-refractivity contribution in [2.24, 2.45) is 5.92 Å². The number of carboxylic acids is 1. The quantitative estimate of drug-likeness (QED) is 0.619. The summed E-state index contributed by atoms with van der Waals surface area (Å²) in [5.41, 5.74) is -0.0457. The van der Waals surface area contributed by atoms with Crippen LogP contribution in [0.2, 0.25) is 0 Å². The number of nitro groups is 1. The van der Waals surface area contributed by atoms with Gasteiger partial charge in [-0.25, -0.2) is 4.79 Å². The molecule has 0 unspecified atom stereocenters. The number of nitro benzene ring substituents is 1. The molecule has 0 aromatic heterocycles. The molecule has 0 aliphatic heterocycles. The van der Waals surface area contributed by atoms with Crippen LogP contribution in [0.4, 0.5) is 11.4 Å². The van der Waals surface area contributed by atoms with Crippen LogP contribution >= 0.6 is 0 Å². The normalized spacial score (nSPS) is 11.7. The maximum Gasteiger partial charge on any atom is 0.326 e. The number of rotatable bonds is 5. The molecule has 0 radical (unpaired) electrons. The fourth-order valence-corrected chi connectivity index (χ4v) is 1.57. The van der Waals surface area contributed by atoms with Gasteiger partial charge in [0.2, 0.25) is 0 Å². The Morgan fingerprint density at radius 2 is 2.16 bits per heavy atom. The average Bonchev–Trinajstić information content (AvgIpc) is 2.34. The molecule has 1 aromatic rings. The smallest absolute Gasteiger partial charge is 0.326 e. The molecule has 0 amide bonds. The van der Waals surface area contributed by atoms with Gasteiger partial charge in [0.1, 0.15) is 17.7 Å². The molecule has 1 aromatic carbocycles. The summed E-state index contributed by atoms with van der Waals surface area (Å²) in [5.74, 6) is -1.19. The van der Waals surface area contributed by atoms with Crippen LogP contribution in [0.15, 0.2) is 18.2 Å². The van der Waals surface area contributed by atoms with Crippen LogP contribution in [0.3, 0.4) is 0 Å². The minimum absolute atomic E-state index is 0.108. The van der Waals surface area contributed by atoms with E-state index in [1.807, 2.05) is 0 Å². The van der Waals surface area contributed by atoms with E-state index in [4.69, 9.17) is 10.4 Å². The molecule has 19 heavy (non-hydrogen) atoms. The maximum atomic E-state index is 11.0. The Morgan fingerprint density at radius 3 is 2.58 bits per heavy atom. The van der Waals surface area contributed by atoms with Gasteiger partial charge in [-0.2, -0.15) is 5.26 Å². The van der Waals surface area contributed by atoms with Gasteiger partial charge in [-0.3, -0.25) is 10.1 Å². The molecule has 1 atom stereocenters. The van der Waals surface area contributed by atoms with Gasteiger partial charge in [-0.1, -0.05) is 13.8 Å². The van der Waals surface area contributed by atoms with E-state index < -0.39 is 16.9 Å². The monoisotopic (exact) mass is 263 g/mol. The Bertz CT molecular complexity index is 548. The summed E-state index contributed by atoms with van der Waals surface area (Å²) in [6, 6.07) is 4.74. The van der Waals surface area contributed by atoms with E-state index >= 15 is 0 Å². The highest BCUT2D eigenvalue weighted by atomic mass is 16.6. The number of carboxylic acid groups (broad SMARTS) is 1. The molecule has 100 valence electrons. The number of nitrogens with one attached hydrogen (secondary N) is 1. The maximum absolute atomic E-state index is 11.0. The topological polar surface area (TPSA) is 116 Å². The fraction of sp³-hybridized carbons (Fsp3) is 0.333. The van der Waals surface area contributed by atoms with Gasteiger partial charge in [0.25, 0.3) is 5.69 Å². The molecule has 0 aliphatic rings. The van der Waals surface area contributed by atoms with Crippen LogP contribution in [0.25, 0.3) is 0 Å². The third-order valence-electron chi connectivity index (χ3n) is 2.57. The predicted molar refractivity (Wildman–Crippen MR) is 67.7 cm³/mol. The first-order valence-electron chi connectivity index (χ1n) is 5.54. The second kappa shape index (κ2) is 5.82. The largest absolute Gasteiger partial charge is 0.480 e. The van der Waals surface area contributed by atoms with Crippen molar-refractivity contribution >= 4 is 17.3 Å². The molecule has 7 heteroatoms. The lowest BCUT2D eigenvalue weighted by Gasteiger charge is -2.19. The van der Waals surface area contributed by atoms with Crippen LogP contribution < -0.4 is 5.32 Å². The third kappa shape index (κ3) is 3.42. The zero-order chi connectivity index (χ0) is 14.6. The van der Waals surface area contributed by atoms with Gasteiger partial charge in [-0.15, -0.1) is 0 Å². The SMILES string of the molecule is CC(C)[C@H](Nc1ccc([N+](=O)[O-])c(C#N)c1)C(=O)O. The number of anilines is 1. The Balaban J connectivity index is 3.07. The number of nitriles is 1. The number of benzene rings is 1. The highest BCUT2D eigenvalue weighted by Crippen LogP contribution is 2.23. The lowest BCUT2D eigenvalue weighted by atomic mass is 10.0. The Kier molecular flexibility index (Phi) is 4.42. The zero-order valence-corrected chi connectivity index (χ0v) is 10.5. The number of aliphatic carboxylic acids is 1. The Labute approximate surface area is 109 Å². The fourth-order valence-electron chi connectivity index (χ4n) is 1.57. The van der Waals surface area contributed by atoms with E-state index in [0.29, 0.717) is 5.69 Å². The van der Waals surface area contributed by atoms with E-state index in [-0.39, 0.29) is 17.2 Å². The molecule has 0 bridgehead atoms. The Morgan fingerprint density at radius 1 is 1.53 bits per heavy atom. The van der Waals surface area contributed by atoms with Crippen molar-refractivity contribution < 1.29 is 14.8 Å². The third-order valence-corrected chi connectivity index (χ3v) is 2.57. The number of carbonyl (C=O) groups is 1. The second-order valence-electron chi connectivity index (χ2n) is 4.31. The van der Waals surface area contributed by atoms with Crippen molar-refractivity contribution in [2.75, 3.05) is 5.32 Å². The van der Waals surface area contributed by atoms with Gasteiger partial charge in [0.05, 0.1) is 4.92 Å². The van der Waals surface area contributed by atoms with Gasteiger partial charge >= 0.3 is 5.97 Å². The van der Waals surface area contributed by atoms with E-state index in [1.54, 1.807) is 19.9 Å². The highest BCUT2D eigenvalue weighted by molar-refractivity contribution is 5.78. The first kappa shape index (κ1) is 14.4. The summed E-state index contributed by atoms with van der Waals surface area (Å²) < 4.78 is 0. The second-order valence-corrected chi connectivity index (χ2v) is 4.31.